The summed E-state index contributed by atoms with van der Waals surface area (Å²) in [6, 6.07) is 7.68. The summed E-state index contributed by atoms with van der Waals surface area (Å²) in [5, 5.41) is 3.21. The van der Waals surface area contributed by atoms with Crippen LogP contribution in [0.4, 0.5) is 13.2 Å². The summed E-state index contributed by atoms with van der Waals surface area (Å²) in [5.41, 5.74) is 2.14. The quantitative estimate of drug-likeness (QED) is 0.727. The Morgan fingerprint density at radius 1 is 1.05 bits per heavy atom. The second kappa shape index (κ2) is 7.67. The van der Waals surface area contributed by atoms with Gasteiger partial charge < -0.3 is 5.32 Å². The Morgan fingerprint density at radius 2 is 1.60 bits per heavy atom. The molecule has 0 aliphatic carbocycles. The van der Waals surface area contributed by atoms with Crippen LogP contribution < -0.4 is 5.32 Å². The first-order valence-electron chi connectivity index (χ1n) is 7.23. The molecule has 0 radical (unpaired) electrons. The van der Waals surface area contributed by atoms with E-state index in [1.165, 1.54) is 5.56 Å². The topological polar surface area (TPSA) is 12.0 Å². The van der Waals surface area contributed by atoms with Crippen molar-refractivity contribution in [3.8, 4) is 0 Å². The van der Waals surface area contributed by atoms with E-state index < -0.39 is 12.6 Å². The molecule has 1 aromatic carbocycles. The minimum absolute atomic E-state index is 0.0878. The fourth-order valence-electron chi connectivity index (χ4n) is 2.13. The summed E-state index contributed by atoms with van der Waals surface area (Å²) in [4.78, 5) is 0. The maximum atomic E-state index is 12.4. The van der Waals surface area contributed by atoms with Gasteiger partial charge in [-0.2, -0.15) is 13.2 Å². The van der Waals surface area contributed by atoms with E-state index in [4.69, 9.17) is 0 Å². The molecule has 0 spiro atoms. The molecule has 0 aliphatic heterocycles. The van der Waals surface area contributed by atoms with Gasteiger partial charge in [-0.3, -0.25) is 0 Å². The van der Waals surface area contributed by atoms with Gasteiger partial charge in [0.25, 0.3) is 0 Å². The van der Waals surface area contributed by atoms with E-state index in [0.717, 1.165) is 18.5 Å². The Hall–Kier alpha value is -1.03. The lowest BCUT2D eigenvalue weighted by Crippen LogP contribution is -2.24. The van der Waals surface area contributed by atoms with Crippen LogP contribution in [0.1, 0.15) is 63.1 Å². The molecule has 0 aromatic heterocycles. The number of nitrogens with one attached hydrogen (secondary N) is 1. The van der Waals surface area contributed by atoms with Crippen molar-refractivity contribution in [1.29, 1.82) is 0 Å². The highest BCUT2D eigenvalue weighted by Gasteiger charge is 2.28. The zero-order valence-electron chi connectivity index (χ0n) is 12.4. The summed E-state index contributed by atoms with van der Waals surface area (Å²) < 4.78 is 37.2. The Bertz CT molecular complexity index is 382. The van der Waals surface area contributed by atoms with E-state index in [2.05, 4.69) is 19.2 Å². The first-order chi connectivity index (χ1) is 9.33. The second-order valence-electron chi connectivity index (χ2n) is 5.48. The lowest BCUT2D eigenvalue weighted by molar-refractivity contribution is -0.136. The van der Waals surface area contributed by atoms with Gasteiger partial charge in [-0.1, -0.05) is 45.0 Å². The molecule has 0 saturated heterocycles. The normalized spacial score (nSPS) is 13.8. The molecule has 0 amide bonds. The predicted molar refractivity (Wildman–Crippen MR) is 76.9 cm³/mol. The van der Waals surface area contributed by atoms with Crippen LogP contribution in [0.25, 0.3) is 0 Å². The monoisotopic (exact) mass is 287 g/mol. The third-order valence-electron chi connectivity index (χ3n) is 3.36. The molecule has 1 unspecified atom stereocenters. The van der Waals surface area contributed by atoms with Crippen molar-refractivity contribution in [3.05, 3.63) is 35.4 Å². The van der Waals surface area contributed by atoms with Crippen molar-refractivity contribution in [2.45, 2.75) is 58.2 Å². The Balaban J connectivity index is 2.75. The molecule has 114 valence electrons. The smallest absolute Gasteiger partial charge is 0.310 e. The number of alkyl halides is 3. The Morgan fingerprint density at radius 3 is 2.05 bits per heavy atom. The van der Waals surface area contributed by atoms with Crippen molar-refractivity contribution >= 4 is 0 Å². The van der Waals surface area contributed by atoms with Crippen molar-refractivity contribution in [1.82, 2.24) is 5.32 Å². The zero-order chi connectivity index (χ0) is 15.2. The van der Waals surface area contributed by atoms with Crippen molar-refractivity contribution < 1.29 is 13.2 Å². The first-order valence-corrected chi connectivity index (χ1v) is 7.23. The van der Waals surface area contributed by atoms with E-state index in [1.54, 1.807) is 0 Å². The molecular weight excluding hydrogens is 263 g/mol. The van der Waals surface area contributed by atoms with Gasteiger partial charge in [-0.25, -0.2) is 0 Å². The summed E-state index contributed by atoms with van der Waals surface area (Å²) in [6.07, 6.45) is -3.85. The number of hydrogen-bond donors (Lipinski definition) is 1. The van der Waals surface area contributed by atoms with Crippen molar-refractivity contribution in [3.63, 3.8) is 0 Å². The van der Waals surface area contributed by atoms with Gasteiger partial charge in [-0.05, 0) is 36.4 Å². The maximum absolute atomic E-state index is 12.4. The van der Waals surface area contributed by atoms with Crippen LogP contribution in [0.5, 0.6) is 0 Å². The third-order valence-corrected chi connectivity index (χ3v) is 3.36. The Kier molecular flexibility index (Phi) is 6.53. The van der Waals surface area contributed by atoms with Gasteiger partial charge >= 0.3 is 6.18 Å². The van der Waals surface area contributed by atoms with Gasteiger partial charge in [0, 0.05) is 12.5 Å². The molecule has 1 aromatic rings. The molecule has 0 bridgehead atoms. The lowest BCUT2D eigenvalue weighted by Gasteiger charge is -2.20. The van der Waals surface area contributed by atoms with Gasteiger partial charge in [0.1, 0.15) is 0 Å². The molecule has 1 rings (SSSR count). The van der Waals surface area contributed by atoms with E-state index in [-0.39, 0.29) is 12.5 Å². The highest BCUT2D eigenvalue weighted by molar-refractivity contribution is 5.26. The standard InChI is InChI=1S/C16H24F3N/c1-4-11-20-15(9-10-16(17,18)19)14-7-5-13(6-8-14)12(2)3/h5-8,12,15,20H,4,9-11H2,1-3H3. The molecule has 4 heteroatoms. The van der Waals surface area contributed by atoms with Crippen LogP contribution >= 0.6 is 0 Å². The van der Waals surface area contributed by atoms with E-state index >= 15 is 0 Å². The average molecular weight is 287 g/mol. The van der Waals surface area contributed by atoms with Crippen LogP contribution in [-0.2, 0) is 0 Å². The summed E-state index contributed by atoms with van der Waals surface area (Å²) >= 11 is 0. The van der Waals surface area contributed by atoms with Crippen LogP contribution in [0.3, 0.4) is 0 Å². The highest BCUT2D eigenvalue weighted by atomic mass is 19.4. The maximum Gasteiger partial charge on any atom is 0.389 e. The molecule has 0 fully saturated rings. The predicted octanol–water partition coefficient (Wildman–Crippen LogP) is 5.19. The molecule has 0 aliphatic rings. The number of benzene rings is 1. The van der Waals surface area contributed by atoms with E-state index in [1.807, 2.05) is 31.2 Å². The third kappa shape index (κ3) is 5.95. The molecule has 0 saturated carbocycles. The van der Waals surface area contributed by atoms with Gasteiger partial charge in [0.2, 0.25) is 0 Å². The van der Waals surface area contributed by atoms with E-state index in [9.17, 15) is 13.2 Å². The molecule has 1 atom stereocenters. The number of halogens is 3. The first kappa shape index (κ1) is 17.0. The van der Waals surface area contributed by atoms with Crippen molar-refractivity contribution in [2.75, 3.05) is 6.54 Å². The van der Waals surface area contributed by atoms with Crippen LogP contribution in [-0.4, -0.2) is 12.7 Å². The van der Waals surface area contributed by atoms with E-state index in [0.29, 0.717) is 5.92 Å². The average Bonchev–Trinajstić information content (AvgIpc) is 2.38. The minimum atomic E-state index is -4.09. The molecule has 0 heterocycles. The fourth-order valence-corrected chi connectivity index (χ4v) is 2.13. The van der Waals surface area contributed by atoms with Crippen LogP contribution in [0.2, 0.25) is 0 Å². The summed E-state index contributed by atoms with van der Waals surface area (Å²) in [5.74, 6) is 0.432. The molecule has 1 nitrogen and oxygen atoms in total. The van der Waals surface area contributed by atoms with Gasteiger partial charge in [0.05, 0.1) is 0 Å². The SMILES string of the molecule is CCCNC(CCC(F)(F)F)c1ccc(C(C)C)cc1. The van der Waals surface area contributed by atoms with Gasteiger partial charge in [-0.15, -0.1) is 0 Å². The summed E-state index contributed by atoms with van der Waals surface area (Å²) in [6.45, 7) is 6.95. The summed E-state index contributed by atoms with van der Waals surface area (Å²) in [7, 11) is 0. The Labute approximate surface area is 119 Å². The molecular formula is C16H24F3N. The highest BCUT2D eigenvalue weighted by Crippen LogP contribution is 2.28. The molecule has 20 heavy (non-hydrogen) atoms. The van der Waals surface area contributed by atoms with Gasteiger partial charge in [0.15, 0.2) is 0 Å². The zero-order valence-corrected chi connectivity index (χ0v) is 12.4. The largest absolute Gasteiger partial charge is 0.389 e. The molecule has 1 N–H and O–H groups in total. The van der Waals surface area contributed by atoms with Crippen LogP contribution in [0.15, 0.2) is 24.3 Å². The van der Waals surface area contributed by atoms with Crippen molar-refractivity contribution in [2.24, 2.45) is 0 Å². The number of rotatable bonds is 7. The number of hydrogen-bond acceptors (Lipinski definition) is 1. The lowest BCUT2D eigenvalue weighted by atomic mass is 9.97. The fraction of sp³-hybridized carbons (Fsp3) is 0.625. The van der Waals surface area contributed by atoms with Crippen LogP contribution in [0, 0.1) is 0 Å². The minimum Gasteiger partial charge on any atom is -0.310 e. The second-order valence-corrected chi connectivity index (χ2v) is 5.48.